The van der Waals surface area contributed by atoms with Crippen LogP contribution < -0.4 is 5.56 Å². The number of ether oxygens (including phenoxy) is 1. The molecule has 2 heterocycles. The van der Waals surface area contributed by atoms with E-state index < -0.39 is 5.97 Å². The molecule has 1 saturated heterocycles. The van der Waals surface area contributed by atoms with E-state index in [2.05, 4.69) is 0 Å². The second kappa shape index (κ2) is 5.69. The van der Waals surface area contributed by atoms with Crippen molar-refractivity contribution in [3.8, 4) is 0 Å². The third-order valence-electron chi connectivity index (χ3n) is 3.91. The van der Waals surface area contributed by atoms with Gasteiger partial charge in [0.05, 0.1) is 23.7 Å². The number of carbonyl (C=O) groups is 1. The van der Waals surface area contributed by atoms with Crippen LogP contribution in [0.1, 0.15) is 29.6 Å². The molecule has 1 unspecified atom stereocenters. The molecule has 1 N–H and O–H groups in total. The van der Waals surface area contributed by atoms with Crippen molar-refractivity contribution < 1.29 is 14.6 Å². The van der Waals surface area contributed by atoms with E-state index in [0.717, 1.165) is 25.9 Å². The number of aromatic carboxylic acids is 1. The Morgan fingerprint density at radius 2 is 2.14 bits per heavy atom. The summed E-state index contributed by atoms with van der Waals surface area (Å²) < 4.78 is 7.31. The molecule has 0 saturated carbocycles. The van der Waals surface area contributed by atoms with Gasteiger partial charge in [0.15, 0.2) is 0 Å². The number of nitrogens with zero attached hydrogens (tertiary/aromatic N) is 1. The van der Waals surface area contributed by atoms with Crippen molar-refractivity contribution in [3.05, 3.63) is 46.2 Å². The summed E-state index contributed by atoms with van der Waals surface area (Å²) in [5.41, 5.74) is 0.410. The number of aromatic nitrogens is 1. The molecule has 0 aliphatic carbocycles. The molecule has 0 bridgehead atoms. The van der Waals surface area contributed by atoms with Crippen molar-refractivity contribution in [3.63, 3.8) is 0 Å². The van der Waals surface area contributed by atoms with Gasteiger partial charge >= 0.3 is 5.97 Å². The van der Waals surface area contributed by atoms with E-state index in [1.54, 1.807) is 22.8 Å². The van der Waals surface area contributed by atoms with Crippen molar-refractivity contribution in [2.24, 2.45) is 0 Å². The Kier molecular flexibility index (Phi) is 3.75. The molecule has 5 heteroatoms. The number of para-hydroxylation sites is 1. The highest BCUT2D eigenvalue weighted by atomic mass is 16.5. The lowest BCUT2D eigenvalue weighted by Gasteiger charge is -2.24. The average molecular weight is 287 g/mol. The SMILES string of the molecule is O=C(O)c1cc(=O)n(CC2CCCCO2)c2ccccc12. The predicted molar refractivity (Wildman–Crippen MR) is 78.8 cm³/mol. The van der Waals surface area contributed by atoms with Gasteiger partial charge in [-0.05, 0) is 25.3 Å². The first-order valence-corrected chi connectivity index (χ1v) is 7.14. The van der Waals surface area contributed by atoms with E-state index in [1.807, 2.05) is 6.07 Å². The van der Waals surface area contributed by atoms with E-state index >= 15 is 0 Å². The Balaban J connectivity index is 2.10. The van der Waals surface area contributed by atoms with Gasteiger partial charge in [-0.2, -0.15) is 0 Å². The highest BCUT2D eigenvalue weighted by molar-refractivity contribution is 6.02. The number of benzene rings is 1. The molecule has 0 amide bonds. The molecule has 0 spiro atoms. The van der Waals surface area contributed by atoms with Crippen LogP contribution in [0.5, 0.6) is 0 Å². The number of hydrogen-bond acceptors (Lipinski definition) is 3. The molecule has 1 aromatic carbocycles. The third-order valence-corrected chi connectivity index (χ3v) is 3.91. The Morgan fingerprint density at radius 3 is 2.86 bits per heavy atom. The van der Waals surface area contributed by atoms with E-state index in [9.17, 15) is 14.7 Å². The zero-order valence-electron chi connectivity index (χ0n) is 11.6. The first-order chi connectivity index (χ1) is 10.2. The van der Waals surface area contributed by atoms with Gasteiger partial charge in [0.2, 0.25) is 0 Å². The first kappa shape index (κ1) is 13.8. The van der Waals surface area contributed by atoms with Crippen molar-refractivity contribution in [1.29, 1.82) is 0 Å². The van der Waals surface area contributed by atoms with Gasteiger partial charge in [-0.1, -0.05) is 18.2 Å². The summed E-state index contributed by atoms with van der Waals surface area (Å²) >= 11 is 0. The van der Waals surface area contributed by atoms with Crippen LogP contribution in [-0.4, -0.2) is 28.4 Å². The topological polar surface area (TPSA) is 68.5 Å². The largest absolute Gasteiger partial charge is 0.478 e. The Morgan fingerprint density at radius 1 is 1.33 bits per heavy atom. The van der Waals surface area contributed by atoms with Crippen LogP contribution >= 0.6 is 0 Å². The molecule has 5 nitrogen and oxygen atoms in total. The predicted octanol–water partition coefficient (Wildman–Crippen LogP) is 2.27. The number of rotatable bonds is 3. The molecular weight excluding hydrogens is 270 g/mol. The van der Waals surface area contributed by atoms with E-state index in [-0.39, 0.29) is 17.2 Å². The van der Waals surface area contributed by atoms with E-state index in [1.165, 1.54) is 6.07 Å². The lowest BCUT2D eigenvalue weighted by Crippen LogP contribution is -2.31. The average Bonchev–Trinajstić information content (AvgIpc) is 2.50. The first-order valence-electron chi connectivity index (χ1n) is 7.14. The van der Waals surface area contributed by atoms with Crippen LogP contribution in [0.3, 0.4) is 0 Å². The van der Waals surface area contributed by atoms with Crippen molar-refractivity contribution >= 4 is 16.9 Å². The highest BCUT2D eigenvalue weighted by Crippen LogP contribution is 2.20. The van der Waals surface area contributed by atoms with E-state index in [4.69, 9.17) is 4.74 Å². The molecular formula is C16H17NO4. The second-order valence-electron chi connectivity index (χ2n) is 5.32. The van der Waals surface area contributed by atoms with Gasteiger partial charge in [0.25, 0.3) is 5.56 Å². The molecule has 1 aliphatic heterocycles. The van der Waals surface area contributed by atoms with Crippen molar-refractivity contribution in [1.82, 2.24) is 4.57 Å². The minimum absolute atomic E-state index is 0.0236. The maximum absolute atomic E-state index is 12.3. The quantitative estimate of drug-likeness (QED) is 0.940. The van der Waals surface area contributed by atoms with Gasteiger partial charge in [0.1, 0.15) is 0 Å². The summed E-state index contributed by atoms with van der Waals surface area (Å²) in [5.74, 6) is -1.08. The summed E-state index contributed by atoms with van der Waals surface area (Å²) in [5, 5.41) is 9.83. The molecule has 1 aliphatic rings. The maximum atomic E-state index is 12.3. The van der Waals surface area contributed by atoms with Crippen LogP contribution in [0.4, 0.5) is 0 Å². The number of fused-ring (bicyclic) bond motifs is 1. The monoisotopic (exact) mass is 287 g/mol. The highest BCUT2D eigenvalue weighted by Gasteiger charge is 2.18. The van der Waals surface area contributed by atoms with Crippen LogP contribution in [0, 0.1) is 0 Å². The van der Waals surface area contributed by atoms with Crippen molar-refractivity contribution in [2.45, 2.75) is 31.9 Å². The van der Waals surface area contributed by atoms with Gasteiger partial charge in [-0.25, -0.2) is 4.79 Å². The van der Waals surface area contributed by atoms with Crippen LogP contribution in [0.25, 0.3) is 10.9 Å². The van der Waals surface area contributed by atoms with Crippen molar-refractivity contribution in [2.75, 3.05) is 6.61 Å². The number of pyridine rings is 1. The molecule has 3 rings (SSSR count). The zero-order chi connectivity index (χ0) is 14.8. The Bertz CT molecular complexity index is 729. The van der Waals surface area contributed by atoms with Gasteiger partial charge in [0, 0.05) is 18.1 Å². The van der Waals surface area contributed by atoms with Crippen LogP contribution in [-0.2, 0) is 11.3 Å². The lowest BCUT2D eigenvalue weighted by atomic mass is 10.1. The normalized spacial score (nSPS) is 18.8. The Hall–Kier alpha value is -2.14. The maximum Gasteiger partial charge on any atom is 0.336 e. The summed E-state index contributed by atoms with van der Waals surface area (Å²) in [6.07, 6.45) is 3.12. The smallest absolute Gasteiger partial charge is 0.336 e. The third kappa shape index (κ3) is 2.69. The molecule has 21 heavy (non-hydrogen) atoms. The molecule has 0 radical (unpaired) electrons. The van der Waals surface area contributed by atoms with Gasteiger partial charge in [-0.3, -0.25) is 4.79 Å². The fraction of sp³-hybridized carbons (Fsp3) is 0.375. The zero-order valence-corrected chi connectivity index (χ0v) is 11.6. The molecule has 1 atom stereocenters. The number of carboxylic acids is 1. The van der Waals surface area contributed by atoms with Gasteiger partial charge in [-0.15, -0.1) is 0 Å². The fourth-order valence-corrected chi connectivity index (χ4v) is 2.85. The Labute approximate surface area is 121 Å². The lowest BCUT2D eigenvalue weighted by molar-refractivity contribution is 0.00615. The summed E-state index contributed by atoms with van der Waals surface area (Å²) in [4.78, 5) is 23.6. The summed E-state index contributed by atoms with van der Waals surface area (Å²) in [7, 11) is 0. The summed E-state index contributed by atoms with van der Waals surface area (Å²) in [6, 6.07) is 8.31. The molecule has 110 valence electrons. The second-order valence-corrected chi connectivity index (χ2v) is 5.32. The van der Waals surface area contributed by atoms with Crippen LogP contribution in [0.15, 0.2) is 35.1 Å². The van der Waals surface area contributed by atoms with E-state index in [0.29, 0.717) is 17.4 Å². The minimum Gasteiger partial charge on any atom is -0.478 e. The molecule has 1 aromatic heterocycles. The molecule has 2 aromatic rings. The standard InChI is InChI=1S/C16H17NO4/c18-15-9-13(16(19)20)12-6-1-2-7-14(12)17(15)10-11-5-3-4-8-21-11/h1-2,6-7,9,11H,3-5,8,10H2,(H,19,20). The van der Waals surface area contributed by atoms with Crippen LogP contribution in [0.2, 0.25) is 0 Å². The van der Waals surface area contributed by atoms with Gasteiger partial charge < -0.3 is 14.4 Å². The minimum atomic E-state index is -1.08. The number of carboxylic acid groups (broad SMARTS) is 1. The summed E-state index contributed by atoms with van der Waals surface area (Å²) in [6.45, 7) is 1.20. The molecule has 1 fully saturated rings. The number of hydrogen-bond donors (Lipinski definition) is 1. The fourth-order valence-electron chi connectivity index (χ4n) is 2.85.